The third kappa shape index (κ3) is 6.48. The minimum atomic E-state index is -3.53. The number of carbonyl (C=O) groups excluding carboxylic acids is 1. The number of piperidine rings is 1. The predicted molar refractivity (Wildman–Crippen MR) is 140 cm³/mol. The Labute approximate surface area is 215 Å². The van der Waals surface area contributed by atoms with Crippen LogP contribution in [0.15, 0.2) is 77.4 Å². The summed E-state index contributed by atoms with van der Waals surface area (Å²) in [5, 5.41) is 0. The Balaban J connectivity index is 1.32. The van der Waals surface area contributed by atoms with Crippen molar-refractivity contribution in [3.05, 3.63) is 84.3 Å². The number of carbonyl (C=O) groups is 1. The molecule has 2 heterocycles. The average Bonchev–Trinajstić information content (AvgIpc) is 3.40. The molecule has 0 bridgehead atoms. The van der Waals surface area contributed by atoms with Gasteiger partial charge in [-0.15, -0.1) is 0 Å². The number of benzene rings is 2. The normalized spacial score (nSPS) is 15.6. The molecule has 8 heteroatoms. The molecule has 0 unspecified atom stereocenters. The van der Waals surface area contributed by atoms with Crippen molar-refractivity contribution >= 4 is 30.0 Å². The SMILES string of the molecule is [CH3][Sn]([CH3])([CH3])[C](F)(F)Oc1ccc(CCN2CCC(N(C(=O)c3ccco3)c3ccccc3)CC2)cc1. The predicted octanol–water partition coefficient (Wildman–Crippen LogP) is 6.48. The number of hydrogen-bond acceptors (Lipinski definition) is 4. The molecule has 1 aliphatic heterocycles. The molecule has 5 nitrogen and oxygen atoms in total. The van der Waals surface area contributed by atoms with E-state index in [9.17, 15) is 13.6 Å². The van der Waals surface area contributed by atoms with Crippen molar-refractivity contribution in [2.45, 2.75) is 44.2 Å². The molecule has 0 radical (unpaired) electrons. The van der Waals surface area contributed by atoms with Crippen LogP contribution in [0, 0.1) is 0 Å². The van der Waals surface area contributed by atoms with Crippen LogP contribution in [-0.4, -0.2) is 59.0 Å². The van der Waals surface area contributed by atoms with E-state index in [1.54, 1.807) is 39.1 Å². The average molecular weight is 603 g/mol. The second kappa shape index (κ2) is 11.3. The Morgan fingerprint density at radius 2 is 1.69 bits per heavy atom. The molecule has 0 spiro atoms. The van der Waals surface area contributed by atoms with Crippen LogP contribution < -0.4 is 9.64 Å². The number of alkyl halides is 2. The minimum absolute atomic E-state index is 0.0903. The number of anilines is 1. The Hall–Kier alpha value is -2.39. The first kappa shape index (κ1) is 26.7. The van der Waals surface area contributed by atoms with Crippen LogP contribution in [0.1, 0.15) is 29.0 Å². The van der Waals surface area contributed by atoms with Crippen LogP contribution in [0.25, 0.3) is 0 Å². The van der Waals surface area contributed by atoms with Gasteiger partial charge < -0.3 is 9.32 Å². The summed E-state index contributed by atoms with van der Waals surface area (Å²) >= 11 is -3.53. The van der Waals surface area contributed by atoms with Gasteiger partial charge in [-0.2, -0.15) is 0 Å². The molecule has 1 aliphatic rings. The topological polar surface area (TPSA) is 45.9 Å². The molecule has 2 aromatic carbocycles. The molecule has 0 saturated carbocycles. The number of amides is 1. The number of nitrogens with zero attached hydrogens (tertiary/aromatic N) is 2. The zero-order valence-electron chi connectivity index (χ0n) is 21.1. The van der Waals surface area contributed by atoms with E-state index in [0.717, 1.165) is 50.1 Å². The van der Waals surface area contributed by atoms with Crippen molar-refractivity contribution < 1.29 is 22.7 Å². The molecular formula is C28H34F2N2O3Sn. The van der Waals surface area contributed by atoms with E-state index >= 15 is 0 Å². The van der Waals surface area contributed by atoms with Gasteiger partial charge in [-0.3, -0.25) is 4.79 Å². The van der Waals surface area contributed by atoms with Crippen molar-refractivity contribution in [2.75, 3.05) is 24.5 Å². The van der Waals surface area contributed by atoms with E-state index in [1.807, 2.05) is 47.4 Å². The third-order valence-electron chi connectivity index (χ3n) is 6.67. The number of para-hydroxylation sites is 1. The molecule has 1 aromatic heterocycles. The summed E-state index contributed by atoms with van der Waals surface area (Å²) in [5.41, 5.74) is 1.96. The molecular weight excluding hydrogens is 569 g/mol. The Bertz CT molecular complexity index is 1110. The van der Waals surface area contributed by atoms with Crippen LogP contribution >= 0.6 is 0 Å². The fourth-order valence-corrected chi connectivity index (χ4v) is 5.53. The van der Waals surface area contributed by atoms with Gasteiger partial charge in [0.15, 0.2) is 5.76 Å². The van der Waals surface area contributed by atoms with Crippen LogP contribution in [0.5, 0.6) is 5.75 Å². The summed E-state index contributed by atoms with van der Waals surface area (Å²) in [4.78, 5) is 22.5. The van der Waals surface area contributed by atoms with Crippen molar-refractivity contribution in [1.82, 2.24) is 4.90 Å². The Morgan fingerprint density at radius 1 is 1.03 bits per heavy atom. The van der Waals surface area contributed by atoms with E-state index in [4.69, 9.17) is 9.15 Å². The molecule has 0 aliphatic carbocycles. The van der Waals surface area contributed by atoms with Crippen LogP contribution in [-0.2, 0) is 6.42 Å². The van der Waals surface area contributed by atoms with E-state index in [0.29, 0.717) is 5.76 Å². The fraction of sp³-hybridized carbons (Fsp3) is 0.393. The zero-order chi connectivity index (χ0) is 25.8. The molecule has 3 aromatic rings. The zero-order valence-corrected chi connectivity index (χ0v) is 24.0. The first-order valence-corrected chi connectivity index (χ1v) is 22.4. The van der Waals surface area contributed by atoms with Gasteiger partial charge >= 0.3 is 136 Å². The maximum absolute atomic E-state index is 14.3. The molecule has 36 heavy (non-hydrogen) atoms. The maximum atomic E-state index is 14.3. The summed E-state index contributed by atoms with van der Waals surface area (Å²) in [6, 6.07) is 20.3. The molecule has 1 fully saturated rings. The quantitative estimate of drug-likeness (QED) is 0.263. The van der Waals surface area contributed by atoms with E-state index in [-0.39, 0.29) is 17.7 Å². The number of hydrogen-bond donors (Lipinski definition) is 0. The summed E-state index contributed by atoms with van der Waals surface area (Å²) in [7, 11) is 0. The van der Waals surface area contributed by atoms with Gasteiger partial charge in [0, 0.05) is 5.69 Å². The summed E-state index contributed by atoms with van der Waals surface area (Å²) < 4.78 is 35.9. The number of likely N-dealkylation sites (tertiary alicyclic amines) is 1. The molecule has 0 atom stereocenters. The monoisotopic (exact) mass is 604 g/mol. The van der Waals surface area contributed by atoms with Gasteiger partial charge in [0.05, 0.1) is 6.26 Å². The van der Waals surface area contributed by atoms with E-state index in [1.165, 1.54) is 6.26 Å². The summed E-state index contributed by atoms with van der Waals surface area (Å²) in [5.74, 6) is 0.448. The third-order valence-corrected chi connectivity index (χ3v) is 11.9. The molecule has 4 rings (SSSR count). The van der Waals surface area contributed by atoms with Crippen molar-refractivity contribution in [2.24, 2.45) is 0 Å². The number of rotatable bonds is 9. The van der Waals surface area contributed by atoms with E-state index < -0.39 is 22.5 Å². The van der Waals surface area contributed by atoms with Crippen LogP contribution in [0.4, 0.5) is 14.5 Å². The van der Waals surface area contributed by atoms with Gasteiger partial charge in [0.1, 0.15) is 0 Å². The number of ether oxygens (including phenoxy) is 1. The van der Waals surface area contributed by atoms with Crippen molar-refractivity contribution in [3.63, 3.8) is 0 Å². The Morgan fingerprint density at radius 3 is 2.28 bits per heavy atom. The van der Waals surface area contributed by atoms with Crippen molar-refractivity contribution in [1.29, 1.82) is 0 Å². The molecule has 192 valence electrons. The number of halogens is 2. The molecule has 1 saturated heterocycles. The van der Waals surface area contributed by atoms with E-state index in [2.05, 4.69) is 4.90 Å². The molecule has 0 N–H and O–H groups in total. The van der Waals surface area contributed by atoms with Crippen LogP contribution in [0.3, 0.4) is 0 Å². The van der Waals surface area contributed by atoms with Crippen molar-refractivity contribution in [3.8, 4) is 5.75 Å². The first-order chi connectivity index (χ1) is 17.1. The van der Waals surface area contributed by atoms with Gasteiger partial charge in [-0.1, -0.05) is 18.2 Å². The van der Waals surface area contributed by atoms with Crippen LogP contribution in [0.2, 0.25) is 14.8 Å². The first-order valence-electron chi connectivity index (χ1n) is 12.4. The summed E-state index contributed by atoms with van der Waals surface area (Å²) in [6.45, 7) is 2.63. The molecule has 1 amide bonds. The number of furan rings is 1. The van der Waals surface area contributed by atoms with Gasteiger partial charge in [-0.05, 0) is 24.3 Å². The van der Waals surface area contributed by atoms with Gasteiger partial charge in [-0.25, -0.2) is 0 Å². The van der Waals surface area contributed by atoms with Gasteiger partial charge in [0.25, 0.3) is 5.91 Å². The summed E-state index contributed by atoms with van der Waals surface area (Å²) in [6.07, 6.45) is 4.08. The second-order valence-corrected chi connectivity index (χ2v) is 24.8. The second-order valence-electron chi connectivity index (χ2n) is 10.3. The van der Waals surface area contributed by atoms with Gasteiger partial charge in [0.2, 0.25) is 0 Å². The standard InChI is InChI=1S/C25H25F2N2O3.3CH3.Sn/c26-25(27)32-22-10-8-19(9-11-22)12-15-28-16-13-21(14-17-28)29(20-5-2-1-3-6-20)24(30)23-7-4-18-31-23;;;;/h1-11,18,21H,12-17H2;3*1H3;. The Kier molecular flexibility index (Phi) is 8.40. The fourth-order valence-electron chi connectivity index (χ4n) is 4.32.